The summed E-state index contributed by atoms with van der Waals surface area (Å²) < 4.78 is 5.79. The van der Waals surface area contributed by atoms with Crippen molar-refractivity contribution in [2.24, 2.45) is 5.41 Å². The van der Waals surface area contributed by atoms with Gasteiger partial charge in [-0.1, -0.05) is 25.7 Å². The Morgan fingerprint density at radius 3 is 2.11 bits per heavy atom. The molecule has 2 aliphatic rings. The highest BCUT2D eigenvalue weighted by Crippen LogP contribution is 2.36. The van der Waals surface area contributed by atoms with Gasteiger partial charge in [0.2, 0.25) is 0 Å². The third kappa shape index (κ3) is 3.69. The summed E-state index contributed by atoms with van der Waals surface area (Å²) in [5.41, 5.74) is 0.160. The molecule has 0 spiro atoms. The van der Waals surface area contributed by atoms with Crippen LogP contribution in [0.3, 0.4) is 0 Å². The lowest BCUT2D eigenvalue weighted by Crippen LogP contribution is -2.50. The number of ether oxygens (including phenoxy) is 1. The van der Waals surface area contributed by atoms with E-state index in [0.29, 0.717) is 18.8 Å². The van der Waals surface area contributed by atoms with Gasteiger partial charge in [0.05, 0.1) is 12.2 Å². The fraction of sp³-hybridized carbons (Fsp3) is 1.00. The van der Waals surface area contributed by atoms with Gasteiger partial charge < -0.3 is 9.84 Å². The van der Waals surface area contributed by atoms with Gasteiger partial charge in [0.25, 0.3) is 0 Å². The molecule has 1 aliphatic heterocycles. The fourth-order valence-electron chi connectivity index (χ4n) is 3.73. The summed E-state index contributed by atoms with van der Waals surface area (Å²) in [7, 11) is 0. The second-order valence-corrected chi connectivity index (χ2v) is 6.52. The second-order valence-electron chi connectivity index (χ2n) is 6.52. The first-order valence-electron chi connectivity index (χ1n) is 7.62. The number of aliphatic hydroxyl groups excluding tert-OH is 1. The number of hydrogen-bond donors (Lipinski definition) is 1. The lowest BCUT2D eigenvalue weighted by atomic mass is 9.80. The van der Waals surface area contributed by atoms with Gasteiger partial charge in [0, 0.05) is 31.7 Å². The fourth-order valence-corrected chi connectivity index (χ4v) is 3.73. The highest BCUT2D eigenvalue weighted by Gasteiger charge is 2.34. The number of hydrogen-bond acceptors (Lipinski definition) is 3. The molecule has 1 saturated heterocycles. The first-order chi connectivity index (χ1) is 8.63. The minimum atomic E-state index is 0.160. The average molecular weight is 255 g/mol. The van der Waals surface area contributed by atoms with Crippen LogP contribution < -0.4 is 0 Å². The molecule has 0 unspecified atom stereocenters. The maximum atomic E-state index is 9.87. The molecule has 0 radical (unpaired) electrons. The van der Waals surface area contributed by atoms with Crippen molar-refractivity contribution in [2.45, 2.75) is 64.6 Å². The summed E-state index contributed by atoms with van der Waals surface area (Å²) >= 11 is 0. The molecule has 0 bridgehead atoms. The molecule has 0 aromatic carbocycles. The molecule has 0 amide bonds. The Kier molecular flexibility index (Phi) is 5.05. The van der Waals surface area contributed by atoms with Crippen LogP contribution >= 0.6 is 0 Å². The molecule has 3 heteroatoms. The Morgan fingerprint density at radius 2 is 1.61 bits per heavy atom. The van der Waals surface area contributed by atoms with Gasteiger partial charge in [-0.15, -0.1) is 0 Å². The monoisotopic (exact) mass is 255 g/mol. The molecule has 2 atom stereocenters. The van der Waals surface area contributed by atoms with Crippen molar-refractivity contribution in [3.05, 3.63) is 0 Å². The molecule has 106 valence electrons. The largest absolute Gasteiger partial charge is 0.396 e. The maximum absolute atomic E-state index is 9.87. The number of rotatable bonds is 3. The lowest BCUT2D eigenvalue weighted by Gasteiger charge is -2.41. The van der Waals surface area contributed by atoms with Gasteiger partial charge in [-0.2, -0.15) is 0 Å². The van der Waals surface area contributed by atoms with E-state index < -0.39 is 0 Å². The van der Waals surface area contributed by atoms with Gasteiger partial charge in [-0.3, -0.25) is 4.90 Å². The van der Waals surface area contributed by atoms with Crippen molar-refractivity contribution in [2.75, 3.05) is 26.2 Å². The van der Waals surface area contributed by atoms with Gasteiger partial charge in [0.1, 0.15) is 0 Å². The summed E-state index contributed by atoms with van der Waals surface area (Å²) in [5.74, 6) is 0. The molecule has 1 N–H and O–H groups in total. The Balaban J connectivity index is 1.95. The van der Waals surface area contributed by atoms with E-state index in [4.69, 9.17) is 4.74 Å². The standard InChI is InChI=1S/C15H29NO2/c1-13-9-16(10-14(2)18-13)11-15(12-17)7-5-3-4-6-8-15/h13-14,17H,3-12H2,1-2H3/t13-,14+. The minimum absolute atomic E-state index is 0.160. The SMILES string of the molecule is C[C@@H]1CN(CC2(CO)CCCCCC2)C[C@H](C)O1. The zero-order chi connectivity index (χ0) is 13.0. The first kappa shape index (κ1) is 14.3. The maximum Gasteiger partial charge on any atom is 0.0678 e. The molecular formula is C15H29NO2. The Hall–Kier alpha value is -0.120. The van der Waals surface area contributed by atoms with Crippen LogP contribution in [0.1, 0.15) is 52.4 Å². The zero-order valence-corrected chi connectivity index (χ0v) is 12.0. The molecule has 2 fully saturated rings. The molecule has 0 aromatic heterocycles. The molecular weight excluding hydrogens is 226 g/mol. The van der Waals surface area contributed by atoms with Crippen LogP contribution in [-0.2, 0) is 4.74 Å². The van der Waals surface area contributed by atoms with E-state index in [1.54, 1.807) is 0 Å². The second kappa shape index (κ2) is 6.36. The van der Waals surface area contributed by atoms with Crippen LogP contribution in [0.15, 0.2) is 0 Å². The minimum Gasteiger partial charge on any atom is -0.396 e. The first-order valence-corrected chi connectivity index (χ1v) is 7.62. The lowest BCUT2D eigenvalue weighted by molar-refractivity contribution is -0.0832. The average Bonchev–Trinajstić information content (AvgIpc) is 2.54. The van der Waals surface area contributed by atoms with E-state index in [1.807, 2.05) is 0 Å². The Bertz CT molecular complexity index is 239. The Morgan fingerprint density at radius 1 is 1.06 bits per heavy atom. The molecule has 1 heterocycles. The van der Waals surface area contributed by atoms with Crippen LogP contribution in [0.2, 0.25) is 0 Å². The van der Waals surface area contributed by atoms with E-state index in [2.05, 4.69) is 18.7 Å². The van der Waals surface area contributed by atoms with Crippen molar-refractivity contribution in [1.82, 2.24) is 4.90 Å². The predicted octanol–water partition coefficient (Wildman–Crippen LogP) is 2.43. The summed E-state index contributed by atoms with van der Waals surface area (Å²) in [6.45, 7) is 7.76. The molecule has 3 nitrogen and oxygen atoms in total. The van der Waals surface area contributed by atoms with Crippen LogP contribution in [-0.4, -0.2) is 48.5 Å². The summed E-state index contributed by atoms with van der Waals surface area (Å²) in [6.07, 6.45) is 8.32. The summed E-state index contributed by atoms with van der Waals surface area (Å²) in [5, 5.41) is 9.87. The van der Waals surface area contributed by atoms with Gasteiger partial charge in [-0.05, 0) is 26.7 Å². The number of morpholine rings is 1. The highest BCUT2D eigenvalue weighted by molar-refractivity contribution is 4.86. The molecule has 1 saturated carbocycles. The van der Waals surface area contributed by atoms with Crippen molar-refractivity contribution >= 4 is 0 Å². The van der Waals surface area contributed by atoms with Crippen LogP contribution in [0, 0.1) is 5.41 Å². The normalized spacial score (nSPS) is 34.2. The Labute approximate surface area is 112 Å². The zero-order valence-electron chi connectivity index (χ0n) is 12.0. The van der Waals surface area contributed by atoms with Crippen molar-refractivity contribution in [3.63, 3.8) is 0 Å². The van der Waals surface area contributed by atoms with E-state index >= 15 is 0 Å². The van der Waals surface area contributed by atoms with Crippen molar-refractivity contribution in [1.29, 1.82) is 0 Å². The van der Waals surface area contributed by atoms with E-state index in [0.717, 1.165) is 19.6 Å². The predicted molar refractivity (Wildman–Crippen MR) is 73.7 cm³/mol. The van der Waals surface area contributed by atoms with Crippen LogP contribution in [0.25, 0.3) is 0 Å². The number of aliphatic hydroxyl groups is 1. The molecule has 1 aliphatic carbocycles. The van der Waals surface area contributed by atoms with Crippen molar-refractivity contribution < 1.29 is 9.84 Å². The topological polar surface area (TPSA) is 32.7 Å². The van der Waals surface area contributed by atoms with E-state index in [-0.39, 0.29) is 5.41 Å². The van der Waals surface area contributed by atoms with Gasteiger partial charge in [0.15, 0.2) is 0 Å². The third-order valence-corrected chi connectivity index (χ3v) is 4.55. The summed E-state index contributed by atoms with van der Waals surface area (Å²) in [4.78, 5) is 2.51. The van der Waals surface area contributed by atoms with Crippen LogP contribution in [0.5, 0.6) is 0 Å². The smallest absolute Gasteiger partial charge is 0.0678 e. The third-order valence-electron chi connectivity index (χ3n) is 4.55. The molecule has 0 aromatic rings. The van der Waals surface area contributed by atoms with E-state index in [1.165, 1.54) is 38.5 Å². The van der Waals surface area contributed by atoms with Gasteiger partial charge >= 0.3 is 0 Å². The molecule has 2 rings (SSSR count). The quantitative estimate of drug-likeness (QED) is 0.786. The van der Waals surface area contributed by atoms with E-state index in [9.17, 15) is 5.11 Å². The molecule has 18 heavy (non-hydrogen) atoms. The number of nitrogens with zero attached hydrogens (tertiary/aromatic N) is 1. The van der Waals surface area contributed by atoms with Crippen LogP contribution in [0.4, 0.5) is 0 Å². The van der Waals surface area contributed by atoms with Crippen molar-refractivity contribution in [3.8, 4) is 0 Å². The highest BCUT2D eigenvalue weighted by atomic mass is 16.5. The summed E-state index contributed by atoms with van der Waals surface area (Å²) in [6, 6.07) is 0. The van der Waals surface area contributed by atoms with Gasteiger partial charge in [-0.25, -0.2) is 0 Å².